The Morgan fingerprint density at radius 2 is 1.91 bits per heavy atom. The van der Waals surface area contributed by atoms with Crippen LogP contribution in [-0.4, -0.2) is 46.1 Å². The van der Waals surface area contributed by atoms with E-state index in [1.54, 1.807) is 23.0 Å². The van der Waals surface area contributed by atoms with Crippen molar-refractivity contribution in [2.24, 2.45) is 5.92 Å². The predicted octanol–water partition coefficient (Wildman–Crippen LogP) is 2.81. The first-order chi connectivity index (χ1) is 16.8. The minimum Gasteiger partial charge on any atom is -0.481 e. The lowest BCUT2D eigenvalue weighted by atomic mass is 9.95. The molecule has 0 amide bonds. The van der Waals surface area contributed by atoms with Gasteiger partial charge < -0.3 is 15.9 Å². The lowest BCUT2D eigenvalue weighted by Gasteiger charge is -2.22. The molecule has 2 atom stereocenters. The maximum atomic E-state index is 11.3. The molecule has 1 aliphatic rings. The number of nitrogens with two attached hydrogens (primary N) is 1. The van der Waals surface area contributed by atoms with Crippen LogP contribution in [0.15, 0.2) is 54.7 Å². The molecular weight excluding hydrogens is 446 g/mol. The van der Waals surface area contributed by atoms with Crippen LogP contribution in [0.25, 0.3) is 22.6 Å². The summed E-state index contributed by atoms with van der Waals surface area (Å²) in [5.74, 6) is -1.30. The molecule has 0 saturated heterocycles. The average Bonchev–Trinajstić information content (AvgIpc) is 3.47. The van der Waals surface area contributed by atoms with E-state index in [4.69, 9.17) is 5.73 Å². The maximum Gasteiger partial charge on any atom is 0.306 e. The van der Waals surface area contributed by atoms with Gasteiger partial charge >= 0.3 is 5.97 Å². The highest BCUT2D eigenvalue weighted by Gasteiger charge is 2.42. The average molecular weight is 472 g/mol. The van der Waals surface area contributed by atoms with Crippen molar-refractivity contribution in [3.63, 3.8) is 0 Å². The number of carbonyl (C=O) groups is 1. The minimum absolute atomic E-state index is 0.146. The molecule has 10 nitrogen and oxygen atoms in total. The molecule has 4 aromatic rings. The number of nitrogen functional groups attached to an aromatic ring is 1. The molecule has 2 unspecified atom stereocenters. The van der Waals surface area contributed by atoms with Crippen LogP contribution in [0.4, 0.5) is 5.95 Å². The molecule has 1 saturated carbocycles. The Balaban J connectivity index is 1.37. The van der Waals surface area contributed by atoms with E-state index in [2.05, 4.69) is 25.3 Å². The van der Waals surface area contributed by atoms with Gasteiger partial charge in [-0.05, 0) is 50.5 Å². The van der Waals surface area contributed by atoms with Crippen LogP contribution >= 0.6 is 0 Å². The molecule has 5 rings (SSSR count). The summed E-state index contributed by atoms with van der Waals surface area (Å²) in [7, 11) is 0. The van der Waals surface area contributed by atoms with Crippen molar-refractivity contribution >= 4 is 11.9 Å². The Bertz CT molecular complexity index is 1400. The molecule has 0 aliphatic heterocycles. The molecule has 3 aromatic heterocycles. The van der Waals surface area contributed by atoms with Gasteiger partial charge in [0.05, 0.1) is 41.4 Å². The van der Waals surface area contributed by atoms with Crippen LogP contribution in [0, 0.1) is 12.8 Å². The molecule has 0 spiro atoms. The number of hydrogen-bond donors (Lipinski definition) is 3. The van der Waals surface area contributed by atoms with E-state index < -0.39 is 17.5 Å². The second-order valence-electron chi connectivity index (χ2n) is 8.99. The predicted molar refractivity (Wildman–Crippen MR) is 128 cm³/mol. The second-order valence-corrected chi connectivity index (χ2v) is 8.99. The SMILES string of the molecule is Cc1cccc(-c2cc(-c3cn(Cc4cccc(C5(O)CCC(C(=O)O)C5)n4)nn3)nc(N)n2)c1. The number of benzene rings is 1. The standard InChI is InChI=1S/C25H25N7O3/c1-15-4-2-5-16(10-15)19-11-20(29-24(26)28-19)21-14-32(31-30-21)13-18-6-3-7-22(27-18)25(35)9-8-17(12-25)23(33)34/h2-7,10-11,14,17,35H,8-9,12-13H2,1H3,(H,33,34)(H2,26,28,29). The maximum absolute atomic E-state index is 11.3. The number of aliphatic hydroxyl groups is 1. The van der Waals surface area contributed by atoms with Gasteiger partial charge in [-0.3, -0.25) is 9.78 Å². The van der Waals surface area contributed by atoms with Gasteiger partial charge in [0.1, 0.15) is 11.3 Å². The third-order valence-electron chi connectivity index (χ3n) is 6.31. The normalized spacial score (nSPS) is 19.7. The molecule has 0 radical (unpaired) electrons. The molecule has 35 heavy (non-hydrogen) atoms. The number of aromatic nitrogens is 6. The fourth-order valence-electron chi connectivity index (χ4n) is 4.50. The van der Waals surface area contributed by atoms with Crippen LogP contribution in [0.2, 0.25) is 0 Å². The number of hydrogen-bond acceptors (Lipinski definition) is 8. The van der Waals surface area contributed by atoms with Crippen LogP contribution in [0.5, 0.6) is 0 Å². The smallest absolute Gasteiger partial charge is 0.306 e. The van der Waals surface area contributed by atoms with Gasteiger partial charge in [-0.25, -0.2) is 14.6 Å². The van der Waals surface area contributed by atoms with E-state index in [0.29, 0.717) is 47.9 Å². The number of nitrogens with zero attached hydrogens (tertiary/aromatic N) is 6. The highest BCUT2D eigenvalue weighted by molar-refractivity contribution is 5.70. The van der Waals surface area contributed by atoms with Crippen molar-refractivity contribution in [2.45, 2.75) is 38.3 Å². The topological polar surface area (TPSA) is 153 Å². The fourth-order valence-corrected chi connectivity index (χ4v) is 4.50. The summed E-state index contributed by atoms with van der Waals surface area (Å²) in [4.78, 5) is 24.6. The minimum atomic E-state index is -1.24. The van der Waals surface area contributed by atoms with Gasteiger partial charge in [-0.2, -0.15) is 0 Å². The Kier molecular flexibility index (Phi) is 5.73. The zero-order chi connectivity index (χ0) is 24.6. The summed E-state index contributed by atoms with van der Waals surface area (Å²) in [5.41, 5.74) is 9.73. The molecule has 1 aromatic carbocycles. The third kappa shape index (κ3) is 4.73. The van der Waals surface area contributed by atoms with E-state index in [9.17, 15) is 15.0 Å². The van der Waals surface area contributed by atoms with Gasteiger partial charge in [-0.1, -0.05) is 35.0 Å². The lowest BCUT2D eigenvalue weighted by Crippen LogP contribution is -2.25. The van der Waals surface area contributed by atoms with Crippen molar-refractivity contribution in [1.82, 2.24) is 29.9 Å². The number of anilines is 1. The van der Waals surface area contributed by atoms with Crippen LogP contribution in [0.1, 0.15) is 36.2 Å². The summed E-state index contributed by atoms with van der Waals surface area (Å²) < 4.78 is 1.63. The van der Waals surface area contributed by atoms with Gasteiger partial charge in [0.2, 0.25) is 5.95 Å². The third-order valence-corrected chi connectivity index (χ3v) is 6.31. The molecule has 0 bridgehead atoms. The summed E-state index contributed by atoms with van der Waals surface area (Å²) in [6, 6.07) is 15.2. The van der Waals surface area contributed by atoms with E-state index in [1.807, 2.05) is 43.3 Å². The number of carboxylic acid groups (broad SMARTS) is 1. The molecule has 3 heterocycles. The van der Waals surface area contributed by atoms with Gasteiger partial charge in [-0.15, -0.1) is 5.10 Å². The Hall–Kier alpha value is -4.18. The van der Waals surface area contributed by atoms with Gasteiger partial charge in [0.25, 0.3) is 0 Å². The van der Waals surface area contributed by atoms with Crippen molar-refractivity contribution in [1.29, 1.82) is 0 Å². The van der Waals surface area contributed by atoms with Crippen molar-refractivity contribution in [2.75, 3.05) is 5.73 Å². The van der Waals surface area contributed by atoms with Gasteiger partial charge in [0, 0.05) is 5.56 Å². The highest BCUT2D eigenvalue weighted by Crippen LogP contribution is 2.41. The summed E-state index contributed by atoms with van der Waals surface area (Å²) in [5, 5.41) is 28.7. The zero-order valence-electron chi connectivity index (χ0n) is 19.2. The van der Waals surface area contributed by atoms with Crippen molar-refractivity contribution in [3.8, 4) is 22.6 Å². The number of pyridine rings is 1. The molecular formula is C25H25N7O3. The first-order valence-corrected chi connectivity index (χ1v) is 11.3. The molecule has 4 N–H and O–H groups in total. The zero-order valence-corrected chi connectivity index (χ0v) is 19.2. The van der Waals surface area contributed by atoms with Crippen molar-refractivity contribution < 1.29 is 15.0 Å². The largest absolute Gasteiger partial charge is 0.481 e. The van der Waals surface area contributed by atoms with E-state index in [0.717, 1.165) is 11.1 Å². The number of aliphatic carboxylic acids is 1. The van der Waals surface area contributed by atoms with E-state index in [-0.39, 0.29) is 12.4 Å². The molecule has 10 heteroatoms. The highest BCUT2D eigenvalue weighted by atomic mass is 16.4. The Morgan fingerprint density at radius 1 is 1.11 bits per heavy atom. The Labute approximate surface area is 201 Å². The molecule has 1 aliphatic carbocycles. The van der Waals surface area contributed by atoms with Crippen LogP contribution < -0.4 is 5.73 Å². The van der Waals surface area contributed by atoms with Gasteiger partial charge in [0.15, 0.2) is 0 Å². The van der Waals surface area contributed by atoms with Crippen molar-refractivity contribution in [3.05, 3.63) is 71.7 Å². The first-order valence-electron chi connectivity index (χ1n) is 11.3. The monoisotopic (exact) mass is 471 g/mol. The number of carboxylic acids is 1. The summed E-state index contributed by atoms with van der Waals surface area (Å²) >= 11 is 0. The van der Waals surface area contributed by atoms with Crippen LogP contribution in [0.3, 0.4) is 0 Å². The van der Waals surface area contributed by atoms with Crippen LogP contribution in [-0.2, 0) is 16.9 Å². The Morgan fingerprint density at radius 3 is 2.69 bits per heavy atom. The number of rotatable bonds is 6. The summed E-state index contributed by atoms with van der Waals surface area (Å²) in [6.07, 6.45) is 2.70. The molecule has 1 fully saturated rings. The van der Waals surface area contributed by atoms with E-state index >= 15 is 0 Å². The summed E-state index contributed by atoms with van der Waals surface area (Å²) in [6.45, 7) is 2.34. The molecule has 178 valence electrons. The number of aryl methyl sites for hydroxylation is 1. The lowest BCUT2D eigenvalue weighted by molar-refractivity contribution is -0.142. The quantitative estimate of drug-likeness (QED) is 0.385. The second kappa shape index (κ2) is 8.88. The van der Waals surface area contributed by atoms with E-state index in [1.165, 1.54) is 0 Å². The fraction of sp³-hybridized carbons (Fsp3) is 0.280. The first kappa shape index (κ1) is 22.6.